The molecule has 0 atom stereocenters. The molecule has 3 rings (SSSR count). The van der Waals surface area contributed by atoms with Crippen LogP contribution in [0.2, 0.25) is 0 Å². The number of nitrogens with zero attached hydrogens (tertiary/aromatic N) is 2. The van der Waals surface area contributed by atoms with Crippen LogP contribution < -0.4 is 0 Å². The molecule has 0 radical (unpaired) electrons. The lowest BCUT2D eigenvalue weighted by Gasteiger charge is -2.13. The van der Waals surface area contributed by atoms with Gasteiger partial charge in [-0.1, -0.05) is 105 Å². The first-order chi connectivity index (χ1) is 14.5. The second-order valence-electron chi connectivity index (χ2n) is 7.52. The van der Waals surface area contributed by atoms with Crippen LogP contribution in [0, 0.1) is 11.3 Å². The van der Waals surface area contributed by atoms with Gasteiger partial charge in [0.05, 0.1) is 11.3 Å². The Bertz CT molecular complexity index is 1110. The summed E-state index contributed by atoms with van der Waals surface area (Å²) < 4.78 is 0. The standard InChI is InChI=1S/C28H26N2/c1-20(2)23-15-17-26(18-16-23)28(30-22(4)25-13-9-6-10-14-25)27(19-29)21(3)24-11-7-5-8-12-24/h5-18,20H,3H2,1-2,4H3/b28-27-,30-22?. The average molecular weight is 391 g/mol. The van der Waals surface area contributed by atoms with Gasteiger partial charge in [0, 0.05) is 11.3 Å². The molecule has 0 aliphatic carbocycles. The Balaban J connectivity index is 2.18. The fourth-order valence-corrected chi connectivity index (χ4v) is 3.25. The summed E-state index contributed by atoms with van der Waals surface area (Å²) in [5.74, 6) is 0.441. The number of rotatable bonds is 6. The molecule has 0 aromatic heterocycles. The summed E-state index contributed by atoms with van der Waals surface area (Å²) in [4.78, 5) is 4.92. The summed E-state index contributed by atoms with van der Waals surface area (Å²) in [5, 5.41) is 10.1. The van der Waals surface area contributed by atoms with Crippen LogP contribution in [0.25, 0.3) is 11.3 Å². The lowest BCUT2D eigenvalue weighted by atomic mass is 9.94. The van der Waals surface area contributed by atoms with Gasteiger partial charge in [0.1, 0.15) is 6.07 Å². The summed E-state index contributed by atoms with van der Waals surface area (Å²) in [5.41, 5.74) is 6.74. The van der Waals surface area contributed by atoms with Crippen LogP contribution in [0.4, 0.5) is 0 Å². The van der Waals surface area contributed by atoms with Crippen molar-refractivity contribution in [3.63, 3.8) is 0 Å². The van der Waals surface area contributed by atoms with E-state index in [0.717, 1.165) is 22.4 Å². The lowest BCUT2D eigenvalue weighted by molar-refractivity contribution is 0.866. The first-order valence-corrected chi connectivity index (χ1v) is 10.1. The average Bonchev–Trinajstić information content (AvgIpc) is 2.80. The van der Waals surface area contributed by atoms with Crippen molar-refractivity contribution in [1.82, 2.24) is 0 Å². The maximum absolute atomic E-state index is 10.1. The van der Waals surface area contributed by atoms with Crippen molar-refractivity contribution in [2.75, 3.05) is 0 Å². The van der Waals surface area contributed by atoms with Crippen molar-refractivity contribution in [3.8, 4) is 6.07 Å². The minimum Gasteiger partial charge on any atom is -0.251 e. The van der Waals surface area contributed by atoms with Crippen LogP contribution in [0.1, 0.15) is 48.9 Å². The van der Waals surface area contributed by atoms with E-state index in [1.54, 1.807) is 0 Å². The Labute approximate surface area is 179 Å². The summed E-state index contributed by atoms with van der Waals surface area (Å²) in [7, 11) is 0. The predicted octanol–water partition coefficient (Wildman–Crippen LogP) is 7.27. The zero-order valence-electron chi connectivity index (χ0n) is 17.8. The molecule has 2 nitrogen and oxygen atoms in total. The fraction of sp³-hybridized carbons (Fsp3) is 0.143. The highest BCUT2D eigenvalue weighted by atomic mass is 14.8. The molecular weight excluding hydrogens is 364 g/mol. The molecule has 0 aliphatic rings. The van der Waals surface area contributed by atoms with E-state index < -0.39 is 0 Å². The maximum Gasteiger partial charge on any atom is 0.102 e. The zero-order valence-corrected chi connectivity index (χ0v) is 17.8. The Kier molecular flexibility index (Phi) is 6.78. The smallest absolute Gasteiger partial charge is 0.102 e. The monoisotopic (exact) mass is 390 g/mol. The number of benzene rings is 3. The quantitative estimate of drug-likeness (QED) is 0.248. The topological polar surface area (TPSA) is 36.1 Å². The van der Waals surface area contributed by atoms with Gasteiger partial charge in [0.15, 0.2) is 0 Å². The SMILES string of the molecule is C=C(/C(C#N)=C(\N=C(C)c1ccccc1)c1ccc(C(C)C)cc1)c1ccccc1. The van der Waals surface area contributed by atoms with Crippen LogP contribution in [0.3, 0.4) is 0 Å². The van der Waals surface area contributed by atoms with Gasteiger partial charge in [0.25, 0.3) is 0 Å². The summed E-state index contributed by atoms with van der Waals surface area (Å²) in [6, 6.07) is 30.5. The van der Waals surface area contributed by atoms with Gasteiger partial charge in [-0.05, 0) is 35.1 Å². The van der Waals surface area contributed by atoms with Crippen molar-refractivity contribution in [3.05, 3.63) is 119 Å². The molecule has 3 aromatic carbocycles. The van der Waals surface area contributed by atoms with E-state index in [1.807, 2.05) is 79.7 Å². The van der Waals surface area contributed by atoms with Gasteiger partial charge in [-0.2, -0.15) is 5.26 Å². The van der Waals surface area contributed by atoms with E-state index in [4.69, 9.17) is 4.99 Å². The molecule has 0 unspecified atom stereocenters. The molecule has 0 bridgehead atoms. The molecule has 0 saturated carbocycles. The van der Waals surface area contributed by atoms with E-state index in [1.165, 1.54) is 5.56 Å². The third-order valence-corrected chi connectivity index (χ3v) is 5.09. The van der Waals surface area contributed by atoms with Crippen LogP contribution in [0.5, 0.6) is 0 Å². The third kappa shape index (κ3) is 4.82. The number of aliphatic imine (C=N–C) groups is 1. The molecule has 0 heterocycles. The molecule has 3 aromatic rings. The number of nitriles is 1. The van der Waals surface area contributed by atoms with E-state index in [2.05, 4.69) is 38.6 Å². The molecule has 0 spiro atoms. The molecule has 2 heteroatoms. The number of hydrogen-bond acceptors (Lipinski definition) is 2. The minimum absolute atomic E-state index is 0.441. The zero-order chi connectivity index (χ0) is 21.5. The van der Waals surface area contributed by atoms with Gasteiger partial charge in [0.2, 0.25) is 0 Å². The fourth-order valence-electron chi connectivity index (χ4n) is 3.25. The van der Waals surface area contributed by atoms with Gasteiger partial charge in [-0.3, -0.25) is 4.99 Å². The molecule has 30 heavy (non-hydrogen) atoms. The van der Waals surface area contributed by atoms with Crippen LogP contribution >= 0.6 is 0 Å². The summed E-state index contributed by atoms with van der Waals surface area (Å²) in [6.07, 6.45) is 0. The van der Waals surface area contributed by atoms with Gasteiger partial charge in [-0.15, -0.1) is 0 Å². The molecule has 0 aliphatic heterocycles. The van der Waals surface area contributed by atoms with Crippen molar-refractivity contribution >= 4 is 17.0 Å². The second-order valence-corrected chi connectivity index (χ2v) is 7.52. The number of hydrogen-bond donors (Lipinski definition) is 0. The highest BCUT2D eigenvalue weighted by Gasteiger charge is 2.15. The lowest BCUT2D eigenvalue weighted by Crippen LogP contribution is -1.99. The molecule has 148 valence electrons. The Morgan fingerprint density at radius 1 is 0.800 bits per heavy atom. The second kappa shape index (κ2) is 9.67. The van der Waals surface area contributed by atoms with E-state index in [9.17, 15) is 5.26 Å². The minimum atomic E-state index is 0.441. The Hall–Kier alpha value is -3.70. The van der Waals surface area contributed by atoms with Crippen molar-refractivity contribution in [2.24, 2.45) is 4.99 Å². The van der Waals surface area contributed by atoms with E-state index in [0.29, 0.717) is 22.8 Å². The van der Waals surface area contributed by atoms with E-state index >= 15 is 0 Å². The summed E-state index contributed by atoms with van der Waals surface area (Å²) in [6.45, 7) is 10.5. The summed E-state index contributed by atoms with van der Waals surface area (Å²) >= 11 is 0. The molecule has 0 saturated heterocycles. The first-order valence-electron chi connectivity index (χ1n) is 10.1. The highest BCUT2D eigenvalue weighted by Crippen LogP contribution is 2.31. The Morgan fingerprint density at radius 2 is 1.33 bits per heavy atom. The van der Waals surface area contributed by atoms with Crippen LogP contribution in [-0.2, 0) is 0 Å². The predicted molar refractivity (Wildman–Crippen MR) is 127 cm³/mol. The van der Waals surface area contributed by atoms with Crippen LogP contribution in [0.15, 0.2) is 102 Å². The number of allylic oxidation sites excluding steroid dienone is 2. The van der Waals surface area contributed by atoms with E-state index in [-0.39, 0.29) is 0 Å². The third-order valence-electron chi connectivity index (χ3n) is 5.09. The Morgan fingerprint density at radius 3 is 1.83 bits per heavy atom. The molecular formula is C28H26N2. The van der Waals surface area contributed by atoms with Gasteiger partial charge >= 0.3 is 0 Å². The van der Waals surface area contributed by atoms with Gasteiger partial charge in [-0.25, -0.2) is 0 Å². The highest BCUT2D eigenvalue weighted by molar-refractivity contribution is 6.04. The molecule has 0 amide bonds. The van der Waals surface area contributed by atoms with Crippen molar-refractivity contribution in [1.29, 1.82) is 5.26 Å². The van der Waals surface area contributed by atoms with Gasteiger partial charge < -0.3 is 0 Å². The normalized spacial score (nSPS) is 12.3. The molecule has 0 N–H and O–H groups in total. The first kappa shape index (κ1) is 21.0. The maximum atomic E-state index is 10.1. The largest absolute Gasteiger partial charge is 0.251 e. The molecule has 0 fully saturated rings. The van der Waals surface area contributed by atoms with Crippen LogP contribution in [-0.4, -0.2) is 5.71 Å². The van der Waals surface area contributed by atoms with Crippen molar-refractivity contribution in [2.45, 2.75) is 26.7 Å². The van der Waals surface area contributed by atoms with Crippen molar-refractivity contribution < 1.29 is 0 Å².